The van der Waals surface area contributed by atoms with E-state index in [9.17, 15) is 0 Å². The molecular weight excluding hydrogens is 268 g/mol. The summed E-state index contributed by atoms with van der Waals surface area (Å²) in [7, 11) is 0. The van der Waals surface area contributed by atoms with Crippen LogP contribution in [0.5, 0.6) is 0 Å². The van der Waals surface area contributed by atoms with Crippen LogP contribution < -0.4 is 0 Å². The average molecular weight is 283 g/mol. The summed E-state index contributed by atoms with van der Waals surface area (Å²) in [5.41, 5.74) is 0.826. The van der Waals surface area contributed by atoms with Gasteiger partial charge in [0.05, 0.1) is 0 Å². The second-order valence-electron chi connectivity index (χ2n) is 3.26. The van der Waals surface area contributed by atoms with Crippen LogP contribution in [0, 0.1) is 25.6 Å². The molecule has 0 N–H and O–H groups in total. The molecule has 2 nitrogen and oxygen atoms in total. The molecule has 94 valence electrons. The summed E-state index contributed by atoms with van der Waals surface area (Å²) < 4.78 is 15.0. The molecular formula is C15H15FeO2+. The van der Waals surface area contributed by atoms with Gasteiger partial charge in [0.1, 0.15) is 0 Å². The zero-order valence-corrected chi connectivity index (χ0v) is 11.2. The molecule has 2 rings (SSSR count). The first-order chi connectivity index (χ1) is 8.43. The fourth-order valence-corrected chi connectivity index (χ4v) is 1.41. The van der Waals surface area contributed by atoms with Gasteiger partial charge in [0.2, 0.25) is 0 Å². The Morgan fingerprint density at radius 2 is 1.11 bits per heavy atom. The number of hydrogen-bond acceptors (Lipinski definition) is 0. The van der Waals surface area contributed by atoms with E-state index in [1.807, 2.05) is 30.3 Å². The molecule has 0 heterocycles. The molecule has 0 atom stereocenters. The minimum absolute atomic E-state index is 0. The van der Waals surface area contributed by atoms with Crippen molar-refractivity contribution in [1.29, 1.82) is 0 Å². The second kappa shape index (κ2) is 21.1. The van der Waals surface area contributed by atoms with Crippen LogP contribution in [0.3, 0.4) is 0 Å². The van der Waals surface area contributed by atoms with E-state index >= 15 is 0 Å². The van der Waals surface area contributed by atoms with Gasteiger partial charge in [0.25, 0.3) is 0 Å². The first kappa shape index (κ1) is 22.0. The van der Waals surface area contributed by atoms with Crippen molar-refractivity contribution in [3.8, 4) is 5.92 Å². The Bertz CT molecular complexity index is 318. The zero-order chi connectivity index (χ0) is 13.4. The molecule has 0 aromatic heterocycles. The van der Waals surface area contributed by atoms with Crippen LogP contribution in [-0.4, -0.2) is 0 Å². The smallest absolute Gasteiger partial charge is 2.00 e. The fraction of sp³-hybridized carbons (Fsp3) is 0.333. The monoisotopic (exact) mass is 283 g/mol. The van der Waals surface area contributed by atoms with Gasteiger partial charge in [0, 0.05) is 0 Å². The maximum absolute atomic E-state index is 7.50. The van der Waals surface area contributed by atoms with Gasteiger partial charge in [-0.3, -0.25) is 5.92 Å². The first-order valence-electron chi connectivity index (χ1n) is 5.32. The molecule has 0 unspecified atom stereocenters. The van der Waals surface area contributed by atoms with Gasteiger partial charge >= 0.3 is 39.7 Å². The number of rotatable bonds is 0. The maximum atomic E-state index is 7.50. The summed E-state index contributed by atoms with van der Waals surface area (Å²) >= 11 is 0. The summed E-state index contributed by atoms with van der Waals surface area (Å²) in [5, 5.41) is 0. The third-order valence-corrected chi connectivity index (χ3v) is 2.17. The van der Waals surface area contributed by atoms with E-state index in [2.05, 4.69) is 19.2 Å². The largest absolute Gasteiger partial charge is 2.00 e. The van der Waals surface area contributed by atoms with Crippen LogP contribution in [0.15, 0.2) is 30.3 Å². The maximum Gasteiger partial charge on any atom is 2.00 e. The number of hydrogen-bond donors (Lipinski definition) is 0. The SMILES string of the molecule is C1CCCC1.[C-]#Cc1ccccc1.[C-]#[O+].[C-]#[O+].[Fe+2]. The van der Waals surface area contributed by atoms with Gasteiger partial charge in [-0.05, 0) is 0 Å². The Hall–Kier alpha value is -1.22. The molecule has 1 saturated carbocycles. The van der Waals surface area contributed by atoms with Gasteiger partial charge in [0.15, 0.2) is 0 Å². The predicted octanol–water partition coefficient (Wildman–Crippen LogP) is 3.50. The quantitative estimate of drug-likeness (QED) is 0.302. The van der Waals surface area contributed by atoms with Crippen molar-refractivity contribution in [2.75, 3.05) is 0 Å². The molecule has 0 saturated heterocycles. The third-order valence-electron chi connectivity index (χ3n) is 2.17. The molecule has 0 aliphatic heterocycles. The Morgan fingerprint density at radius 1 is 0.778 bits per heavy atom. The van der Waals surface area contributed by atoms with Gasteiger partial charge in [-0.25, -0.2) is 0 Å². The standard InChI is InChI=1S/C8H5.C5H10.2CO.Fe/c1-2-8-6-4-3-5-7-8;1-2-4-5-3-1;2*1-2;/h3-7H;1-5H2;;;/q-1;;;;+2. The summed E-state index contributed by atoms with van der Waals surface area (Å²) in [6.45, 7) is 9.00. The summed E-state index contributed by atoms with van der Waals surface area (Å²) in [5.74, 6) is 2.28. The van der Waals surface area contributed by atoms with Crippen molar-refractivity contribution in [3.63, 3.8) is 0 Å². The van der Waals surface area contributed by atoms with E-state index in [-0.39, 0.29) is 17.1 Å². The normalized spacial score (nSPS) is 10.4. The molecule has 1 aliphatic rings. The van der Waals surface area contributed by atoms with Crippen LogP contribution >= 0.6 is 0 Å². The van der Waals surface area contributed by atoms with Gasteiger partial charge in [-0.1, -0.05) is 50.3 Å². The van der Waals surface area contributed by atoms with Crippen molar-refractivity contribution >= 4 is 0 Å². The Labute approximate surface area is 120 Å². The summed E-state index contributed by atoms with van der Waals surface area (Å²) in [4.78, 5) is 0. The zero-order valence-electron chi connectivity index (χ0n) is 10.1. The molecule has 1 aromatic carbocycles. The first-order valence-corrected chi connectivity index (χ1v) is 5.32. The van der Waals surface area contributed by atoms with Crippen molar-refractivity contribution < 1.29 is 26.4 Å². The Kier molecular flexibility index (Phi) is 25.8. The van der Waals surface area contributed by atoms with Crippen LogP contribution in [0.1, 0.15) is 37.7 Å². The molecule has 1 aromatic rings. The van der Waals surface area contributed by atoms with Crippen molar-refractivity contribution in [2.45, 2.75) is 32.1 Å². The topological polar surface area (TPSA) is 39.8 Å². The predicted molar refractivity (Wildman–Crippen MR) is 63.6 cm³/mol. The van der Waals surface area contributed by atoms with Gasteiger partial charge in [-0.15, -0.1) is 17.7 Å². The van der Waals surface area contributed by atoms with E-state index in [1.165, 1.54) is 32.1 Å². The molecule has 0 bridgehead atoms. The minimum Gasteiger partial charge on any atom is 2.00 e. The van der Waals surface area contributed by atoms with Gasteiger partial charge in [-0.2, -0.15) is 0 Å². The number of benzene rings is 1. The molecule has 0 spiro atoms. The van der Waals surface area contributed by atoms with E-state index in [0.717, 1.165) is 5.56 Å². The Balaban J connectivity index is -0.000000196. The van der Waals surface area contributed by atoms with Crippen molar-refractivity contribution in [1.82, 2.24) is 0 Å². The van der Waals surface area contributed by atoms with Crippen LogP contribution in [0.25, 0.3) is 0 Å². The average Bonchev–Trinajstić information content (AvgIpc) is 3.03. The van der Waals surface area contributed by atoms with Crippen LogP contribution in [0.4, 0.5) is 0 Å². The van der Waals surface area contributed by atoms with E-state index < -0.39 is 0 Å². The van der Waals surface area contributed by atoms with Crippen LogP contribution in [-0.2, 0) is 26.4 Å². The van der Waals surface area contributed by atoms with E-state index in [0.29, 0.717) is 0 Å². The molecule has 3 heteroatoms. The van der Waals surface area contributed by atoms with E-state index in [4.69, 9.17) is 15.7 Å². The fourth-order valence-electron chi connectivity index (χ4n) is 1.41. The molecule has 0 radical (unpaired) electrons. The summed E-state index contributed by atoms with van der Waals surface area (Å²) in [6, 6.07) is 9.37. The molecule has 1 aliphatic carbocycles. The van der Waals surface area contributed by atoms with E-state index in [1.54, 1.807) is 0 Å². The van der Waals surface area contributed by atoms with Crippen LogP contribution in [0.2, 0.25) is 0 Å². The van der Waals surface area contributed by atoms with Crippen molar-refractivity contribution in [2.24, 2.45) is 0 Å². The van der Waals surface area contributed by atoms with Gasteiger partial charge < -0.3 is 6.42 Å². The minimum atomic E-state index is 0. The Morgan fingerprint density at radius 3 is 1.33 bits per heavy atom. The van der Waals surface area contributed by atoms with Crippen molar-refractivity contribution in [3.05, 3.63) is 55.6 Å². The second-order valence-corrected chi connectivity index (χ2v) is 3.26. The molecule has 0 amide bonds. The molecule has 18 heavy (non-hydrogen) atoms. The summed E-state index contributed by atoms with van der Waals surface area (Å²) in [6.07, 6.45) is 14.2. The molecule has 1 fully saturated rings. The third kappa shape index (κ3) is 14.8.